The van der Waals surface area contributed by atoms with Crippen molar-refractivity contribution in [3.8, 4) is 0 Å². The molecule has 0 spiro atoms. The number of benzene rings is 3. The van der Waals surface area contributed by atoms with Crippen LogP contribution in [0.3, 0.4) is 0 Å². The van der Waals surface area contributed by atoms with Crippen LogP contribution >= 0.6 is 12.2 Å². The first-order valence-electron chi connectivity index (χ1n) is 9.90. The summed E-state index contributed by atoms with van der Waals surface area (Å²) in [5.41, 5.74) is 2.77. The van der Waals surface area contributed by atoms with Gasteiger partial charge in [0.2, 0.25) is 0 Å². The van der Waals surface area contributed by atoms with Crippen LogP contribution in [-0.4, -0.2) is 19.6 Å². The van der Waals surface area contributed by atoms with Gasteiger partial charge in [0, 0.05) is 17.4 Å². The molecule has 4 rings (SSSR count). The molecule has 8 heteroatoms. The maximum absolute atomic E-state index is 13.6. The third-order valence-corrected chi connectivity index (χ3v) is 7.36. The van der Waals surface area contributed by atoms with Gasteiger partial charge in [-0.2, -0.15) is 0 Å². The largest absolute Gasteiger partial charge is 0.332 e. The topological polar surface area (TPSA) is 61.4 Å². The van der Waals surface area contributed by atoms with Crippen molar-refractivity contribution >= 4 is 44.4 Å². The Kier molecular flexibility index (Phi) is 5.93. The first-order valence-corrected chi connectivity index (χ1v) is 11.8. The number of para-hydroxylation sites is 1. The number of sulfonamides is 1. The zero-order valence-corrected chi connectivity index (χ0v) is 18.5. The molecule has 0 radical (unpaired) electrons. The maximum atomic E-state index is 13.6. The minimum atomic E-state index is -3.80. The van der Waals surface area contributed by atoms with E-state index in [0.29, 0.717) is 34.9 Å². The van der Waals surface area contributed by atoms with E-state index in [9.17, 15) is 12.8 Å². The number of fused-ring (bicyclic) bond motifs is 1. The van der Waals surface area contributed by atoms with E-state index in [-0.39, 0.29) is 16.8 Å². The molecule has 3 aromatic carbocycles. The smallest absolute Gasteiger partial charge is 0.264 e. The van der Waals surface area contributed by atoms with Crippen molar-refractivity contribution in [1.82, 2.24) is 0 Å². The Labute approximate surface area is 187 Å². The highest BCUT2D eigenvalue weighted by Crippen LogP contribution is 2.35. The summed E-state index contributed by atoms with van der Waals surface area (Å²) in [5.74, 6) is -0.360. The Hall–Kier alpha value is -2.97. The van der Waals surface area contributed by atoms with Crippen molar-refractivity contribution in [2.75, 3.05) is 14.9 Å². The van der Waals surface area contributed by atoms with Gasteiger partial charge < -0.3 is 10.6 Å². The standard InChI is InChI=1S/C23H22FN3O2S2/c1-16-7-8-17-15-18(24)9-14-22(17)27(16)31(28,29)21-12-10-20(11-13-21)26-23(30)25-19-5-3-2-4-6-19/h2-6,9-16H,7-8H2,1H3,(H2,25,26,30)/t16-/m0/s1. The van der Waals surface area contributed by atoms with Gasteiger partial charge in [-0.3, -0.25) is 4.31 Å². The van der Waals surface area contributed by atoms with Crippen LogP contribution in [-0.2, 0) is 16.4 Å². The first-order chi connectivity index (χ1) is 14.8. The normalized spacial score (nSPS) is 15.8. The fourth-order valence-corrected chi connectivity index (χ4v) is 5.65. The Morgan fingerprint density at radius 2 is 1.65 bits per heavy atom. The minimum absolute atomic E-state index is 0.170. The summed E-state index contributed by atoms with van der Waals surface area (Å²) in [7, 11) is -3.80. The number of hydrogen-bond donors (Lipinski definition) is 2. The summed E-state index contributed by atoms with van der Waals surface area (Å²) in [5, 5.41) is 6.53. The maximum Gasteiger partial charge on any atom is 0.264 e. The fraction of sp³-hybridized carbons (Fsp3) is 0.174. The van der Waals surface area contributed by atoms with Crippen LogP contribution in [0.5, 0.6) is 0 Å². The van der Waals surface area contributed by atoms with Crippen molar-refractivity contribution in [3.05, 3.63) is 84.2 Å². The molecule has 0 saturated heterocycles. The number of anilines is 3. The molecule has 31 heavy (non-hydrogen) atoms. The summed E-state index contributed by atoms with van der Waals surface area (Å²) < 4.78 is 41.8. The van der Waals surface area contributed by atoms with E-state index in [1.165, 1.54) is 16.4 Å². The van der Waals surface area contributed by atoms with Crippen molar-refractivity contribution in [3.63, 3.8) is 0 Å². The average Bonchev–Trinajstić information content (AvgIpc) is 2.74. The van der Waals surface area contributed by atoms with Crippen molar-refractivity contribution in [2.45, 2.75) is 30.7 Å². The van der Waals surface area contributed by atoms with Crippen molar-refractivity contribution in [1.29, 1.82) is 0 Å². The van der Waals surface area contributed by atoms with Crippen LogP contribution in [0.25, 0.3) is 0 Å². The van der Waals surface area contributed by atoms with Crippen molar-refractivity contribution < 1.29 is 12.8 Å². The van der Waals surface area contributed by atoms with Gasteiger partial charge in [-0.05, 0) is 92.1 Å². The lowest BCUT2D eigenvalue weighted by Crippen LogP contribution is -2.42. The molecule has 0 saturated carbocycles. The predicted octanol–water partition coefficient (Wildman–Crippen LogP) is 5.16. The Morgan fingerprint density at radius 3 is 2.32 bits per heavy atom. The summed E-state index contributed by atoms with van der Waals surface area (Å²) in [6.07, 6.45) is 1.28. The van der Waals surface area contributed by atoms with E-state index in [0.717, 1.165) is 5.69 Å². The number of nitrogens with zero attached hydrogens (tertiary/aromatic N) is 1. The number of hydrogen-bond acceptors (Lipinski definition) is 3. The number of rotatable bonds is 4. The Bertz CT molecular complexity index is 1200. The van der Waals surface area contributed by atoms with Crippen LogP contribution in [0, 0.1) is 5.82 Å². The zero-order valence-electron chi connectivity index (χ0n) is 16.9. The zero-order chi connectivity index (χ0) is 22.0. The van der Waals surface area contributed by atoms with Gasteiger partial charge in [0.1, 0.15) is 5.82 Å². The second kappa shape index (κ2) is 8.64. The lowest BCUT2D eigenvalue weighted by molar-refractivity contribution is 0.560. The van der Waals surface area contributed by atoms with Gasteiger partial charge >= 0.3 is 0 Å². The molecule has 160 valence electrons. The molecular formula is C23H22FN3O2S2. The highest BCUT2D eigenvalue weighted by atomic mass is 32.2. The van der Waals surface area contributed by atoms with E-state index in [1.807, 2.05) is 37.3 Å². The molecule has 1 atom stereocenters. The molecule has 2 N–H and O–H groups in total. The molecule has 1 aliphatic heterocycles. The third-order valence-electron chi connectivity index (χ3n) is 5.21. The van der Waals surface area contributed by atoms with Gasteiger partial charge in [0.15, 0.2) is 5.11 Å². The van der Waals surface area contributed by atoms with Crippen LogP contribution in [0.2, 0.25) is 0 Å². The lowest BCUT2D eigenvalue weighted by Gasteiger charge is -2.36. The van der Waals surface area contributed by atoms with Crippen LogP contribution in [0.15, 0.2) is 77.7 Å². The van der Waals surface area contributed by atoms with E-state index in [1.54, 1.807) is 30.3 Å². The molecule has 0 bridgehead atoms. The SMILES string of the molecule is C[C@H]1CCc2cc(F)ccc2N1S(=O)(=O)c1ccc(NC(=S)Nc2ccccc2)cc1. The van der Waals surface area contributed by atoms with Crippen LogP contribution < -0.4 is 14.9 Å². The fourth-order valence-electron chi connectivity index (χ4n) is 3.69. The highest BCUT2D eigenvalue weighted by molar-refractivity contribution is 7.92. The average molecular weight is 456 g/mol. The lowest BCUT2D eigenvalue weighted by atomic mass is 9.99. The Balaban J connectivity index is 1.54. The molecule has 1 heterocycles. The number of halogens is 1. The van der Waals surface area contributed by atoms with Gasteiger partial charge in [0.05, 0.1) is 10.6 Å². The molecule has 1 aliphatic rings. The minimum Gasteiger partial charge on any atom is -0.332 e. The predicted molar refractivity (Wildman–Crippen MR) is 127 cm³/mol. The molecule has 5 nitrogen and oxygen atoms in total. The van der Waals surface area contributed by atoms with Gasteiger partial charge in [-0.1, -0.05) is 18.2 Å². The van der Waals surface area contributed by atoms with E-state index in [2.05, 4.69) is 10.6 Å². The number of thiocarbonyl (C=S) groups is 1. The van der Waals surface area contributed by atoms with E-state index >= 15 is 0 Å². The number of aryl methyl sites for hydroxylation is 1. The molecule has 0 amide bonds. The summed E-state index contributed by atoms with van der Waals surface area (Å²) >= 11 is 5.32. The molecule has 0 aliphatic carbocycles. The highest BCUT2D eigenvalue weighted by Gasteiger charge is 2.33. The molecule has 0 aromatic heterocycles. The van der Waals surface area contributed by atoms with Gasteiger partial charge in [-0.15, -0.1) is 0 Å². The summed E-state index contributed by atoms with van der Waals surface area (Å²) in [6, 6.07) is 20.0. The second-order valence-corrected chi connectivity index (χ2v) is 9.65. The van der Waals surface area contributed by atoms with Crippen LogP contribution in [0.1, 0.15) is 18.9 Å². The summed E-state index contributed by atoms with van der Waals surface area (Å²) in [4.78, 5) is 0.170. The van der Waals surface area contributed by atoms with E-state index < -0.39 is 10.0 Å². The second-order valence-electron chi connectivity index (χ2n) is 7.43. The first kappa shape index (κ1) is 21.3. The van der Waals surface area contributed by atoms with Crippen LogP contribution in [0.4, 0.5) is 21.5 Å². The molecule has 0 fully saturated rings. The van der Waals surface area contributed by atoms with Crippen molar-refractivity contribution in [2.24, 2.45) is 0 Å². The van der Waals surface area contributed by atoms with Gasteiger partial charge in [-0.25, -0.2) is 12.8 Å². The molecule has 0 unspecified atom stereocenters. The molecular weight excluding hydrogens is 433 g/mol. The van der Waals surface area contributed by atoms with E-state index in [4.69, 9.17) is 12.2 Å². The molecule has 3 aromatic rings. The third kappa shape index (κ3) is 4.55. The summed E-state index contributed by atoms with van der Waals surface area (Å²) in [6.45, 7) is 1.87. The quantitative estimate of drug-likeness (QED) is 0.532. The number of nitrogens with one attached hydrogen (secondary N) is 2. The Morgan fingerprint density at radius 1 is 1.00 bits per heavy atom. The monoisotopic (exact) mass is 455 g/mol. The van der Waals surface area contributed by atoms with Gasteiger partial charge in [0.25, 0.3) is 10.0 Å².